The van der Waals surface area contributed by atoms with Crippen LogP contribution in [0.2, 0.25) is 0 Å². The second-order valence-corrected chi connectivity index (χ2v) is 13.9. The number of H-pyrrole nitrogens is 2. The number of fused-ring (bicyclic) bond motifs is 2. The standard InChI is InChI=1S/C19H18F3N5O2.C19H20F3N5.CH4/c1-25-6-8-26(9-7-25)17-5-2-12(10-14(17)19(20,21)22)18-23-15-4-3-13(27(28)29)11-16(15)24-18;1-26-6-8-27(9-7-26)17-5-2-12(10-14(17)19(20,21)22)18-24-15-4-3-13(23)11-16(15)25-18;/h2-5,10-11H,6-9H2,1H3,(H,23,24);2-5,10-11H,6-9,23H2,1H3,(H,24,25);1H4. The molecule has 2 aliphatic heterocycles. The lowest BCUT2D eigenvalue weighted by Crippen LogP contribution is -2.45. The van der Waals surface area contributed by atoms with Gasteiger partial charge in [-0.3, -0.25) is 10.1 Å². The highest BCUT2D eigenvalue weighted by atomic mass is 19.4. The smallest absolute Gasteiger partial charge is 0.399 e. The summed E-state index contributed by atoms with van der Waals surface area (Å²) in [4.78, 5) is 32.8. The van der Waals surface area contributed by atoms with Crippen molar-refractivity contribution in [2.75, 3.05) is 82.0 Å². The monoisotopic (exact) mass is 796 g/mol. The second-order valence-electron chi connectivity index (χ2n) is 13.9. The first-order chi connectivity index (χ1) is 26.5. The van der Waals surface area contributed by atoms with Gasteiger partial charge in [-0.05, 0) is 74.8 Å². The van der Waals surface area contributed by atoms with Crippen LogP contribution in [0.3, 0.4) is 0 Å². The summed E-state index contributed by atoms with van der Waals surface area (Å²) in [5, 5.41) is 10.9. The highest BCUT2D eigenvalue weighted by Gasteiger charge is 2.37. The molecule has 0 atom stereocenters. The molecular formula is C39H42F6N10O2. The van der Waals surface area contributed by atoms with Gasteiger partial charge in [0, 0.05) is 92.7 Å². The van der Waals surface area contributed by atoms with Crippen LogP contribution in [0.5, 0.6) is 0 Å². The van der Waals surface area contributed by atoms with Crippen LogP contribution in [-0.4, -0.2) is 101 Å². The highest BCUT2D eigenvalue weighted by Crippen LogP contribution is 2.41. The lowest BCUT2D eigenvalue weighted by Gasteiger charge is -2.35. The first-order valence-corrected chi connectivity index (χ1v) is 17.7. The third-order valence-corrected chi connectivity index (χ3v) is 10.0. The topological polar surface area (TPSA) is 139 Å². The third kappa shape index (κ3) is 8.91. The lowest BCUT2D eigenvalue weighted by atomic mass is 10.1. The van der Waals surface area contributed by atoms with Crippen LogP contribution >= 0.6 is 0 Å². The summed E-state index contributed by atoms with van der Waals surface area (Å²) in [6.07, 6.45) is -8.95. The van der Waals surface area contributed by atoms with E-state index >= 15 is 0 Å². The number of nitro groups is 1. The number of halogens is 6. The zero-order valence-electron chi connectivity index (χ0n) is 30.4. The van der Waals surface area contributed by atoms with Crippen LogP contribution in [0.4, 0.5) is 49.1 Å². The van der Waals surface area contributed by atoms with Crippen molar-refractivity contribution < 1.29 is 31.3 Å². The van der Waals surface area contributed by atoms with Gasteiger partial charge in [0.25, 0.3) is 5.69 Å². The number of anilines is 3. The van der Waals surface area contributed by atoms with Gasteiger partial charge in [0.1, 0.15) is 11.6 Å². The van der Waals surface area contributed by atoms with Crippen molar-refractivity contribution in [1.29, 1.82) is 0 Å². The van der Waals surface area contributed by atoms with Gasteiger partial charge in [0.2, 0.25) is 0 Å². The van der Waals surface area contributed by atoms with Gasteiger partial charge in [-0.2, -0.15) is 26.3 Å². The Morgan fingerprint density at radius 1 is 0.632 bits per heavy atom. The van der Waals surface area contributed by atoms with Crippen molar-refractivity contribution in [2.24, 2.45) is 0 Å². The minimum Gasteiger partial charge on any atom is -0.399 e. The predicted octanol–water partition coefficient (Wildman–Crippen LogP) is 8.13. The first-order valence-electron chi connectivity index (χ1n) is 17.7. The Bertz CT molecular complexity index is 2380. The van der Waals surface area contributed by atoms with Gasteiger partial charge in [0.05, 0.1) is 38.1 Å². The number of nitrogens with zero attached hydrogens (tertiary/aromatic N) is 7. The largest absolute Gasteiger partial charge is 0.418 e. The fraction of sp³-hybridized carbons (Fsp3) is 0.333. The number of hydrogen-bond acceptors (Lipinski definition) is 9. The van der Waals surface area contributed by atoms with Gasteiger partial charge in [-0.15, -0.1) is 0 Å². The van der Waals surface area contributed by atoms with Gasteiger partial charge in [-0.1, -0.05) is 7.43 Å². The molecule has 2 aliphatic rings. The number of imidazole rings is 2. The molecule has 6 aromatic rings. The number of nitro benzene ring substituents is 1. The Hall–Kier alpha value is -5.88. The van der Waals surface area contributed by atoms with E-state index in [9.17, 15) is 36.5 Å². The van der Waals surface area contributed by atoms with Crippen LogP contribution < -0.4 is 15.5 Å². The van der Waals surface area contributed by atoms with Gasteiger partial charge in [-0.25, -0.2) is 9.97 Å². The number of nitrogens with one attached hydrogen (secondary N) is 2. The normalized spacial score (nSPS) is 15.7. The van der Waals surface area contributed by atoms with Crippen molar-refractivity contribution in [3.05, 3.63) is 94.0 Å². The van der Waals surface area contributed by atoms with Crippen LogP contribution in [0.25, 0.3) is 44.8 Å². The second kappa shape index (κ2) is 15.9. The molecule has 18 heteroatoms. The van der Waals surface area contributed by atoms with E-state index in [0.29, 0.717) is 78.4 Å². The van der Waals surface area contributed by atoms with E-state index in [1.807, 2.05) is 14.1 Å². The molecule has 2 saturated heterocycles. The Morgan fingerprint density at radius 2 is 1.05 bits per heavy atom. The third-order valence-electron chi connectivity index (χ3n) is 10.0. The average molecular weight is 797 g/mol. The molecule has 0 spiro atoms. The number of aromatic amines is 2. The molecule has 2 fully saturated rings. The molecule has 8 rings (SSSR count). The Morgan fingerprint density at radius 3 is 1.47 bits per heavy atom. The van der Waals surface area contributed by atoms with Crippen molar-refractivity contribution in [1.82, 2.24) is 29.7 Å². The van der Waals surface area contributed by atoms with Crippen molar-refractivity contribution in [2.45, 2.75) is 19.8 Å². The Labute approximate surface area is 324 Å². The number of alkyl halides is 6. The summed E-state index contributed by atoms with van der Waals surface area (Å²) < 4.78 is 82.6. The van der Waals surface area contributed by atoms with Gasteiger partial charge >= 0.3 is 12.4 Å². The number of piperazine rings is 2. The molecule has 0 radical (unpaired) electrons. The highest BCUT2D eigenvalue weighted by molar-refractivity contribution is 5.83. The van der Waals surface area contributed by atoms with E-state index in [2.05, 4.69) is 29.7 Å². The number of nitrogen functional groups attached to an aromatic ring is 1. The van der Waals surface area contributed by atoms with Crippen molar-refractivity contribution in [3.63, 3.8) is 0 Å². The Balaban J connectivity index is 0.000000190. The number of likely N-dealkylation sites (N-methyl/N-ethyl adjacent to an activating group) is 2. The van der Waals surface area contributed by atoms with Crippen LogP contribution in [0, 0.1) is 10.1 Å². The fourth-order valence-electron chi connectivity index (χ4n) is 6.88. The summed E-state index contributed by atoms with van der Waals surface area (Å²) in [6.45, 7) is 5.06. The number of hydrogen-bond donors (Lipinski definition) is 3. The zero-order chi connectivity index (χ0) is 39.9. The minimum atomic E-state index is -4.51. The first kappa shape index (κ1) is 40.8. The SMILES string of the molecule is C.CN1CCN(c2ccc(-c3nc4ccc(N)cc4[nH]3)cc2C(F)(F)F)CC1.CN1CCN(c2ccc(-c3nc4ccc([N+](=O)[O-])cc4[nH]3)cc2C(F)(F)F)CC1. The van der Waals surface area contributed by atoms with E-state index in [0.717, 1.165) is 19.2 Å². The number of aromatic nitrogens is 4. The van der Waals surface area contributed by atoms with Gasteiger partial charge in [0.15, 0.2) is 0 Å². The zero-order valence-corrected chi connectivity index (χ0v) is 30.4. The van der Waals surface area contributed by atoms with Gasteiger partial charge < -0.3 is 35.3 Å². The number of nitrogens with two attached hydrogens (primary N) is 1. The molecular weight excluding hydrogens is 754 g/mol. The Kier molecular flexibility index (Phi) is 11.4. The quantitative estimate of drug-likeness (QED) is 0.0683. The minimum absolute atomic E-state index is 0. The number of rotatable bonds is 5. The van der Waals surface area contributed by atoms with E-state index in [4.69, 9.17) is 5.73 Å². The van der Waals surface area contributed by atoms with Crippen LogP contribution in [-0.2, 0) is 12.4 Å². The molecule has 0 aliphatic carbocycles. The van der Waals surface area contributed by atoms with E-state index in [1.165, 1.54) is 30.3 Å². The predicted molar refractivity (Wildman–Crippen MR) is 210 cm³/mol. The lowest BCUT2D eigenvalue weighted by molar-refractivity contribution is -0.384. The molecule has 302 valence electrons. The molecule has 0 saturated carbocycles. The van der Waals surface area contributed by atoms with E-state index < -0.39 is 28.4 Å². The molecule has 57 heavy (non-hydrogen) atoms. The van der Waals surface area contributed by atoms with E-state index in [1.54, 1.807) is 46.2 Å². The molecule has 0 amide bonds. The molecule has 4 aromatic carbocycles. The van der Waals surface area contributed by atoms with Crippen molar-refractivity contribution >= 4 is 44.8 Å². The molecule has 12 nitrogen and oxygen atoms in total. The summed E-state index contributed by atoms with van der Waals surface area (Å²) in [7, 11) is 3.91. The average Bonchev–Trinajstić information content (AvgIpc) is 3.79. The molecule has 0 unspecified atom stereocenters. The molecule has 2 aromatic heterocycles. The molecule has 4 N–H and O–H groups in total. The number of benzene rings is 4. The maximum Gasteiger partial charge on any atom is 0.418 e. The summed E-state index contributed by atoms with van der Waals surface area (Å²) >= 11 is 0. The molecule has 4 heterocycles. The molecule has 0 bridgehead atoms. The summed E-state index contributed by atoms with van der Waals surface area (Å²) in [6, 6.07) is 17.8. The van der Waals surface area contributed by atoms with Crippen LogP contribution in [0.1, 0.15) is 18.6 Å². The maximum absolute atomic E-state index is 13.8. The maximum atomic E-state index is 13.8. The number of non-ortho nitro benzene ring substituents is 1. The van der Waals surface area contributed by atoms with Crippen molar-refractivity contribution in [3.8, 4) is 22.8 Å². The summed E-state index contributed by atoms with van der Waals surface area (Å²) in [5.41, 5.74) is 8.11. The fourth-order valence-corrected chi connectivity index (χ4v) is 6.88. The summed E-state index contributed by atoms with van der Waals surface area (Å²) in [5.74, 6) is 0.627. The van der Waals surface area contributed by atoms with E-state index in [-0.39, 0.29) is 35.9 Å². The van der Waals surface area contributed by atoms with Crippen LogP contribution in [0.15, 0.2) is 72.8 Å².